The number of hydrogen-bond acceptors (Lipinski definition) is 3. The molecule has 0 radical (unpaired) electrons. The first kappa shape index (κ1) is 20.0. The number of nitrogens with two attached hydrogens (primary N) is 1. The van der Waals surface area contributed by atoms with E-state index in [1.165, 1.54) is 19.3 Å². The first-order valence-electron chi connectivity index (χ1n) is 9.70. The molecule has 0 aromatic carbocycles. The van der Waals surface area contributed by atoms with Crippen LogP contribution < -0.4 is 11.1 Å². The number of ether oxygens (including phenoxy) is 1. The van der Waals surface area contributed by atoms with Crippen LogP contribution in [0.15, 0.2) is 0 Å². The molecule has 2 aliphatic carbocycles. The van der Waals surface area contributed by atoms with Gasteiger partial charge in [0.25, 0.3) is 0 Å². The van der Waals surface area contributed by atoms with Crippen LogP contribution in [-0.2, 0) is 9.53 Å². The maximum absolute atomic E-state index is 12.7. The third-order valence-electron chi connectivity index (χ3n) is 6.23. The van der Waals surface area contributed by atoms with Crippen molar-refractivity contribution >= 4 is 18.3 Å². The molecule has 24 heavy (non-hydrogen) atoms. The lowest BCUT2D eigenvalue weighted by molar-refractivity contribution is -0.129. The number of carbonyl (C=O) groups excluding carboxylic acids is 1. The Labute approximate surface area is 153 Å². The van der Waals surface area contributed by atoms with Crippen LogP contribution in [0.1, 0.15) is 65.2 Å². The minimum Gasteiger partial charge on any atom is -0.378 e. The van der Waals surface area contributed by atoms with E-state index >= 15 is 0 Å². The average Bonchev–Trinajstić information content (AvgIpc) is 2.46. The molecule has 2 saturated carbocycles. The fraction of sp³-hybridized carbons (Fsp3) is 0.947. The van der Waals surface area contributed by atoms with E-state index in [2.05, 4.69) is 19.2 Å². The topological polar surface area (TPSA) is 64.4 Å². The van der Waals surface area contributed by atoms with E-state index < -0.39 is 0 Å². The van der Waals surface area contributed by atoms with E-state index in [-0.39, 0.29) is 24.2 Å². The lowest BCUT2D eigenvalue weighted by Crippen LogP contribution is -2.51. The zero-order valence-electron chi connectivity index (χ0n) is 15.2. The Bertz CT molecular complexity index is 404. The molecule has 140 valence electrons. The standard InChI is InChI=1S/C19H34N2O2.ClH/c1-12(2)8-17-11-16(6-7-23-17)21-19(22)15-9-13-4-3-5-14(10-15)18(13)20;/h12-18H,3-11,20H2,1-2H3,(H,21,22);1H. The van der Waals surface area contributed by atoms with Gasteiger partial charge in [-0.1, -0.05) is 20.3 Å². The fourth-order valence-corrected chi connectivity index (χ4v) is 5.02. The minimum absolute atomic E-state index is 0. The molecular weight excluding hydrogens is 324 g/mol. The molecule has 5 heteroatoms. The Morgan fingerprint density at radius 1 is 1.17 bits per heavy atom. The van der Waals surface area contributed by atoms with Crippen LogP contribution in [0.25, 0.3) is 0 Å². The van der Waals surface area contributed by atoms with Crippen LogP contribution in [0.3, 0.4) is 0 Å². The predicted octanol–water partition coefficient (Wildman–Crippen LogP) is 3.27. The van der Waals surface area contributed by atoms with Crippen molar-refractivity contribution in [2.45, 2.75) is 83.4 Å². The summed E-state index contributed by atoms with van der Waals surface area (Å²) in [5.41, 5.74) is 6.35. The minimum atomic E-state index is 0. The smallest absolute Gasteiger partial charge is 0.223 e. The van der Waals surface area contributed by atoms with E-state index in [4.69, 9.17) is 10.5 Å². The van der Waals surface area contributed by atoms with Gasteiger partial charge in [-0.2, -0.15) is 0 Å². The summed E-state index contributed by atoms with van der Waals surface area (Å²) in [6, 6.07) is 0.641. The number of rotatable bonds is 4. The zero-order chi connectivity index (χ0) is 16.4. The van der Waals surface area contributed by atoms with Crippen LogP contribution in [-0.4, -0.2) is 30.7 Å². The van der Waals surface area contributed by atoms with E-state index in [1.807, 2.05) is 0 Å². The van der Waals surface area contributed by atoms with Gasteiger partial charge < -0.3 is 15.8 Å². The quantitative estimate of drug-likeness (QED) is 0.810. The summed E-state index contributed by atoms with van der Waals surface area (Å²) in [7, 11) is 0. The third kappa shape index (κ3) is 4.86. The van der Waals surface area contributed by atoms with Crippen molar-refractivity contribution < 1.29 is 9.53 Å². The van der Waals surface area contributed by atoms with Gasteiger partial charge in [-0.05, 0) is 62.7 Å². The molecule has 0 aromatic rings. The molecule has 2 bridgehead atoms. The van der Waals surface area contributed by atoms with Crippen molar-refractivity contribution in [1.82, 2.24) is 5.32 Å². The molecule has 1 saturated heterocycles. The molecule has 1 amide bonds. The largest absolute Gasteiger partial charge is 0.378 e. The maximum Gasteiger partial charge on any atom is 0.223 e. The van der Waals surface area contributed by atoms with Crippen LogP contribution in [0.2, 0.25) is 0 Å². The number of hydrogen-bond donors (Lipinski definition) is 2. The second-order valence-electron chi connectivity index (χ2n) is 8.55. The molecule has 3 N–H and O–H groups in total. The number of halogens is 1. The summed E-state index contributed by atoms with van der Waals surface area (Å²) < 4.78 is 5.85. The van der Waals surface area contributed by atoms with Crippen LogP contribution in [0, 0.1) is 23.7 Å². The first-order valence-corrected chi connectivity index (χ1v) is 9.70. The molecule has 0 spiro atoms. The van der Waals surface area contributed by atoms with Gasteiger partial charge in [0.15, 0.2) is 0 Å². The van der Waals surface area contributed by atoms with Crippen LogP contribution in [0.5, 0.6) is 0 Å². The molecule has 3 aliphatic rings. The zero-order valence-corrected chi connectivity index (χ0v) is 16.0. The molecule has 4 nitrogen and oxygen atoms in total. The Morgan fingerprint density at radius 3 is 2.46 bits per heavy atom. The summed E-state index contributed by atoms with van der Waals surface area (Å²) in [5.74, 6) is 2.26. The number of fused-ring (bicyclic) bond motifs is 2. The first-order chi connectivity index (χ1) is 11.0. The Morgan fingerprint density at radius 2 is 1.83 bits per heavy atom. The Balaban J connectivity index is 0.00000208. The lowest BCUT2D eigenvalue weighted by Gasteiger charge is -2.44. The van der Waals surface area contributed by atoms with Gasteiger partial charge in [0.2, 0.25) is 5.91 Å². The fourth-order valence-electron chi connectivity index (χ4n) is 5.02. The average molecular weight is 359 g/mol. The maximum atomic E-state index is 12.7. The van der Waals surface area contributed by atoms with Gasteiger partial charge in [-0.25, -0.2) is 0 Å². The highest BCUT2D eigenvalue weighted by atomic mass is 35.5. The Kier molecular flexibility index (Phi) is 7.39. The highest BCUT2D eigenvalue weighted by Gasteiger charge is 2.41. The highest BCUT2D eigenvalue weighted by molar-refractivity contribution is 5.85. The van der Waals surface area contributed by atoms with E-state index in [0.717, 1.165) is 38.7 Å². The predicted molar refractivity (Wildman–Crippen MR) is 99.1 cm³/mol. The molecule has 1 aliphatic heterocycles. The van der Waals surface area contributed by atoms with Crippen molar-refractivity contribution in [2.75, 3.05) is 6.61 Å². The van der Waals surface area contributed by atoms with Gasteiger partial charge in [0.05, 0.1) is 6.10 Å². The van der Waals surface area contributed by atoms with Crippen molar-refractivity contribution in [3.8, 4) is 0 Å². The summed E-state index contributed by atoms with van der Waals surface area (Å²) in [6.07, 6.45) is 9.08. The molecule has 3 fully saturated rings. The Hall–Kier alpha value is -0.320. The molecule has 0 aromatic heterocycles. The summed E-state index contributed by atoms with van der Waals surface area (Å²) in [6.45, 7) is 5.24. The molecular formula is C19H35ClN2O2. The second kappa shape index (κ2) is 8.86. The monoisotopic (exact) mass is 358 g/mol. The molecule has 4 atom stereocenters. The van der Waals surface area contributed by atoms with Crippen LogP contribution >= 0.6 is 12.4 Å². The van der Waals surface area contributed by atoms with Gasteiger partial charge in [-0.15, -0.1) is 12.4 Å². The van der Waals surface area contributed by atoms with Gasteiger partial charge in [-0.3, -0.25) is 4.79 Å². The number of amides is 1. The highest BCUT2D eigenvalue weighted by Crippen LogP contribution is 2.42. The molecule has 1 heterocycles. The van der Waals surface area contributed by atoms with E-state index in [9.17, 15) is 4.79 Å². The van der Waals surface area contributed by atoms with Gasteiger partial charge in [0, 0.05) is 24.6 Å². The van der Waals surface area contributed by atoms with E-state index in [0.29, 0.717) is 35.9 Å². The lowest BCUT2D eigenvalue weighted by atomic mass is 9.65. The van der Waals surface area contributed by atoms with E-state index in [1.54, 1.807) is 0 Å². The van der Waals surface area contributed by atoms with Crippen molar-refractivity contribution in [3.63, 3.8) is 0 Å². The summed E-state index contributed by atoms with van der Waals surface area (Å²) in [4.78, 5) is 12.7. The van der Waals surface area contributed by atoms with Crippen molar-refractivity contribution in [3.05, 3.63) is 0 Å². The normalized spacial score (nSPS) is 39.2. The molecule has 4 unspecified atom stereocenters. The van der Waals surface area contributed by atoms with Gasteiger partial charge >= 0.3 is 0 Å². The van der Waals surface area contributed by atoms with Crippen LogP contribution in [0.4, 0.5) is 0 Å². The number of nitrogens with one attached hydrogen (secondary N) is 1. The summed E-state index contributed by atoms with van der Waals surface area (Å²) in [5, 5.41) is 3.34. The SMILES string of the molecule is CC(C)CC1CC(NC(=O)C2CC3CCCC(C2)C3N)CCO1.Cl. The van der Waals surface area contributed by atoms with Gasteiger partial charge in [0.1, 0.15) is 0 Å². The van der Waals surface area contributed by atoms with Crippen molar-refractivity contribution in [1.29, 1.82) is 0 Å². The van der Waals surface area contributed by atoms with Crippen molar-refractivity contribution in [2.24, 2.45) is 29.4 Å². The number of carbonyl (C=O) groups is 1. The summed E-state index contributed by atoms with van der Waals surface area (Å²) >= 11 is 0. The third-order valence-corrected chi connectivity index (χ3v) is 6.23. The molecule has 3 rings (SSSR count). The second-order valence-corrected chi connectivity index (χ2v) is 8.55.